The van der Waals surface area contributed by atoms with Gasteiger partial charge in [0.05, 0.1) is 6.04 Å². The Hall–Kier alpha value is -3.92. The fourth-order valence-corrected chi connectivity index (χ4v) is 3.82. The van der Waals surface area contributed by atoms with Crippen LogP contribution in [0.25, 0.3) is 0 Å². The predicted molar refractivity (Wildman–Crippen MR) is 145 cm³/mol. The largest absolute Gasteiger partial charge is 0.508 e. The summed E-state index contributed by atoms with van der Waals surface area (Å²) in [6, 6.07) is 12.6. The molecule has 2 rings (SSSR count). The maximum atomic E-state index is 13.3. The molecule has 0 fully saturated rings. The summed E-state index contributed by atoms with van der Waals surface area (Å²) >= 11 is 0. The fraction of sp³-hybridized carbons (Fsp3) is 0.429. The molecule has 3 atom stereocenters. The Morgan fingerprint density at radius 1 is 0.842 bits per heavy atom. The summed E-state index contributed by atoms with van der Waals surface area (Å²) in [6.45, 7) is 6.83. The molecule has 4 amide bonds. The molecule has 0 spiro atoms. The highest BCUT2D eigenvalue weighted by Gasteiger charge is 2.35. The number of carbonyl (C=O) groups is 4. The Balaban J connectivity index is 2.13. The number of aromatic hydroxyl groups is 1. The van der Waals surface area contributed by atoms with Gasteiger partial charge in [-0.1, -0.05) is 56.3 Å². The van der Waals surface area contributed by atoms with Gasteiger partial charge in [0.1, 0.15) is 23.4 Å². The lowest BCUT2D eigenvalue weighted by molar-refractivity contribution is -0.136. The Morgan fingerprint density at radius 2 is 1.42 bits per heavy atom. The molecule has 38 heavy (non-hydrogen) atoms. The van der Waals surface area contributed by atoms with Gasteiger partial charge >= 0.3 is 0 Å². The number of phenols is 1. The van der Waals surface area contributed by atoms with Gasteiger partial charge in [-0.05, 0) is 55.9 Å². The number of nitrogens with one attached hydrogen (secondary N) is 3. The van der Waals surface area contributed by atoms with Gasteiger partial charge < -0.3 is 32.5 Å². The molecule has 10 heteroatoms. The quantitative estimate of drug-likeness (QED) is 0.226. The third kappa shape index (κ3) is 9.51. The van der Waals surface area contributed by atoms with E-state index in [9.17, 15) is 24.3 Å². The molecular formula is C28H39N5O5. The van der Waals surface area contributed by atoms with Crippen LogP contribution in [0.1, 0.15) is 45.2 Å². The minimum Gasteiger partial charge on any atom is -0.508 e. The lowest BCUT2D eigenvalue weighted by Gasteiger charge is -2.30. The minimum absolute atomic E-state index is 0.102. The van der Waals surface area contributed by atoms with E-state index in [1.807, 2.05) is 44.2 Å². The summed E-state index contributed by atoms with van der Waals surface area (Å²) in [6.07, 6.45) is 0.719. The van der Waals surface area contributed by atoms with Crippen molar-refractivity contribution in [3.05, 3.63) is 65.7 Å². The second-order valence-corrected chi connectivity index (χ2v) is 10.4. The second-order valence-electron chi connectivity index (χ2n) is 10.4. The van der Waals surface area contributed by atoms with Crippen LogP contribution in [0.15, 0.2) is 54.6 Å². The number of carbonyl (C=O) groups excluding carboxylic acids is 4. The topological polar surface area (TPSA) is 177 Å². The zero-order valence-corrected chi connectivity index (χ0v) is 22.4. The lowest BCUT2D eigenvalue weighted by Crippen LogP contribution is -2.62. The average molecular weight is 526 g/mol. The van der Waals surface area contributed by atoms with Crippen LogP contribution in [-0.2, 0) is 32.0 Å². The average Bonchev–Trinajstić information content (AvgIpc) is 2.84. The summed E-state index contributed by atoms with van der Waals surface area (Å²) in [5.74, 6) is -2.16. The van der Waals surface area contributed by atoms with Gasteiger partial charge in [0, 0.05) is 6.42 Å². The van der Waals surface area contributed by atoms with E-state index in [2.05, 4.69) is 16.0 Å². The molecule has 0 radical (unpaired) electrons. The maximum absolute atomic E-state index is 13.3. The maximum Gasteiger partial charge on any atom is 0.245 e. The van der Waals surface area contributed by atoms with E-state index in [4.69, 9.17) is 11.5 Å². The molecule has 10 nitrogen and oxygen atoms in total. The van der Waals surface area contributed by atoms with Gasteiger partial charge in [-0.3, -0.25) is 19.2 Å². The molecule has 0 aromatic heterocycles. The molecule has 206 valence electrons. The van der Waals surface area contributed by atoms with Crippen LogP contribution in [-0.4, -0.2) is 52.4 Å². The summed E-state index contributed by atoms with van der Waals surface area (Å²) in [5.41, 5.74) is 11.7. The third-order valence-electron chi connectivity index (χ3n) is 6.00. The fourth-order valence-electron chi connectivity index (χ4n) is 3.82. The normalized spacial score (nSPS) is 13.7. The molecule has 0 aliphatic heterocycles. The van der Waals surface area contributed by atoms with Crippen molar-refractivity contribution in [3.63, 3.8) is 0 Å². The molecule has 2 aromatic rings. The Bertz CT molecular complexity index is 1100. The number of nitrogens with two attached hydrogens (primary N) is 2. The molecule has 0 bridgehead atoms. The van der Waals surface area contributed by atoms with Crippen LogP contribution in [0.3, 0.4) is 0 Å². The number of hydrogen-bond acceptors (Lipinski definition) is 6. The monoisotopic (exact) mass is 525 g/mol. The van der Waals surface area contributed by atoms with Crippen molar-refractivity contribution in [2.24, 2.45) is 17.4 Å². The van der Waals surface area contributed by atoms with Gasteiger partial charge in [-0.15, -0.1) is 0 Å². The summed E-state index contributed by atoms with van der Waals surface area (Å²) in [4.78, 5) is 51.1. The van der Waals surface area contributed by atoms with Crippen LogP contribution in [0, 0.1) is 5.92 Å². The lowest BCUT2D eigenvalue weighted by atomic mass is 9.98. The first-order valence-electron chi connectivity index (χ1n) is 12.6. The molecule has 0 saturated carbocycles. The van der Waals surface area contributed by atoms with Crippen LogP contribution in [0.5, 0.6) is 5.75 Å². The van der Waals surface area contributed by atoms with Crippen LogP contribution in [0.4, 0.5) is 0 Å². The summed E-state index contributed by atoms with van der Waals surface area (Å²) in [7, 11) is 0. The smallest absolute Gasteiger partial charge is 0.245 e. The number of rotatable bonds is 13. The highest BCUT2D eigenvalue weighted by atomic mass is 16.3. The zero-order valence-electron chi connectivity index (χ0n) is 22.4. The van der Waals surface area contributed by atoms with E-state index < -0.39 is 47.3 Å². The van der Waals surface area contributed by atoms with E-state index in [-0.39, 0.29) is 24.5 Å². The molecule has 0 aliphatic carbocycles. The molecule has 0 saturated heterocycles. The number of benzene rings is 2. The summed E-state index contributed by atoms with van der Waals surface area (Å²) in [5, 5.41) is 17.5. The van der Waals surface area contributed by atoms with E-state index in [1.165, 1.54) is 26.0 Å². The molecule has 2 aromatic carbocycles. The predicted octanol–water partition coefficient (Wildman–Crippen LogP) is 0.901. The Morgan fingerprint density at radius 3 is 1.97 bits per heavy atom. The first-order chi connectivity index (χ1) is 17.8. The molecule has 0 heterocycles. The van der Waals surface area contributed by atoms with E-state index >= 15 is 0 Å². The second kappa shape index (κ2) is 13.6. The minimum atomic E-state index is -1.40. The molecule has 8 N–H and O–H groups in total. The van der Waals surface area contributed by atoms with Crippen LogP contribution < -0.4 is 27.4 Å². The van der Waals surface area contributed by atoms with E-state index in [0.717, 1.165) is 11.1 Å². The van der Waals surface area contributed by atoms with Gasteiger partial charge in [-0.25, -0.2) is 0 Å². The van der Waals surface area contributed by atoms with E-state index in [0.29, 0.717) is 6.42 Å². The SMILES string of the molecule is CC(C)C[C@H](NC(=O)[C@H](Cc1ccccc1)NC(=O)C(C)(C)NC(=O)[C@@H](N)Cc1ccc(O)cc1)C(N)=O. The van der Waals surface area contributed by atoms with Gasteiger partial charge in [0.2, 0.25) is 23.6 Å². The number of amides is 4. The van der Waals surface area contributed by atoms with Gasteiger partial charge in [0.15, 0.2) is 0 Å². The van der Waals surface area contributed by atoms with Crippen molar-refractivity contribution in [3.8, 4) is 5.75 Å². The van der Waals surface area contributed by atoms with Crippen molar-refractivity contribution in [2.45, 2.75) is 70.6 Å². The van der Waals surface area contributed by atoms with Crippen LogP contribution >= 0.6 is 0 Å². The van der Waals surface area contributed by atoms with Crippen LogP contribution in [0.2, 0.25) is 0 Å². The van der Waals surface area contributed by atoms with Crippen molar-refractivity contribution >= 4 is 23.6 Å². The number of phenolic OH excluding ortho intramolecular Hbond substituents is 1. The Kier molecular flexibility index (Phi) is 10.8. The van der Waals surface area contributed by atoms with E-state index in [1.54, 1.807) is 12.1 Å². The molecular weight excluding hydrogens is 486 g/mol. The zero-order chi connectivity index (χ0) is 28.5. The first-order valence-corrected chi connectivity index (χ1v) is 12.6. The standard InChI is InChI=1S/C28H39N5O5/c1-17(2)14-22(24(30)35)31-26(37)23(16-18-8-6-5-7-9-18)32-27(38)28(3,4)33-25(36)21(29)15-19-10-12-20(34)13-11-19/h5-13,17,21-23,34H,14-16,29H2,1-4H3,(H2,30,35)(H,31,37)(H,32,38)(H,33,36)/t21-,22-,23-/m0/s1. The highest BCUT2D eigenvalue weighted by molar-refractivity contribution is 5.96. The third-order valence-corrected chi connectivity index (χ3v) is 6.00. The van der Waals surface area contributed by atoms with Crippen molar-refractivity contribution in [1.29, 1.82) is 0 Å². The number of primary amides is 1. The molecule has 0 aliphatic rings. The first kappa shape index (κ1) is 30.3. The van der Waals surface area contributed by atoms with Crippen molar-refractivity contribution in [2.75, 3.05) is 0 Å². The van der Waals surface area contributed by atoms with Gasteiger partial charge in [0.25, 0.3) is 0 Å². The molecule has 0 unspecified atom stereocenters. The Labute approximate surface area is 223 Å². The van der Waals surface area contributed by atoms with Gasteiger partial charge in [-0.2, -0.15) is 0 Å². The highest BCUT2D eigenvalue weighted by Crippen LogP contribution is 2.13. The van der Waals surface area contributed by atoms with Crippen molar-refractivity contribution in [1.82, 2.24) is 16.0 Å². The summed E-state index contributed by atoms with van der Waals surface area (Å²) < 4.78 is 0. The van der Waals surface area contributed by atoms with Crippen molar-refractivity contribution < 1.29 is 24.3 Å². The number of hydrogen-bond donors (Lipinski definition) is 6.